The van der Waals surface area contributed by atoms with Gasteiger partial charge in [-0.25, -0.2) is 0 Å². The number of rotatable bonds is 3. The Hall–Kier alpha value is -0.580. The first-order valence-electron chi connectivity index (χ1n) is 5.01. The third-order valence-electron chi connectivity index (χ3n) is 2.90. The van der Waals surface area contributed by atoms with Crippen molar-refractivity contribution >= 4 is 16.8 Å². The molecule has 2 rings (SSSR count). The highest BCUT2D eigenvalue weighted by Crippen LogP contribution is 2.40. The lowest BCUT2D eigenvalue weighted by Crippen LogP contribution is -2.42. The molecule has 1 saturated carbocycles. The van der Waals surface area contributed by atoms with Crippen LogP contribution < -0.4 is 10.6 Å². The summed E-state index contributed by atoms with van der Waals surface area (Å²) in [5.74, 6) is 0.870. The number of nitrogens with zero attached hydrogens (tertiary/aromatic N) is 1. The van der Waals surface area contributed by atoms with Gasteiger partial charge in [-0.3, -0.25) is 9.20 Å². The van der Waals surface area contributed by atoms with Gasteiger partial charge in [0.1, 0.15) is 0 Å². The molecule has 0 bridgehead atoms. The van der Waals surface area contributed by atoms with Gasteiger partial charge in [0.15, 0.2) is 5.96 Å². The fourth-order valence-electron chi connectivity index (χ4n) is 1.61. The van der Waals surface area contributed by atoms with Crippen LogP contribution in [0.3, 0.4) is 0 Å². The van der Waals surface area contributed by atoms with E-state index in [2.05, 4.69) is 22.5 Å². The Morgan fingerprint density at radius 2 is 2.43 bits per heavy atom. The number of guanidine groups is 1. The smallest absolute Gasteiger partial charge is 0.191 e. The normalized spacial score (nSPS) is 30.4. The second kappa shape index (κ2) is 3.53. The summed E-state index contributed by atoms with van der Waals surface area (Å²) in [5, 5.41) is 6.47. The summed E-state index contributed by atoms with van der Waals surface area (Å²) in [6.07, 6.45) is 3.94. The SMILES string of the molecule is CC1CN=C(NCC2(S(C)=O)CC2)N1. The number of nitrogens with one attached hydrogen (secondary N) is 2. The van der Waals surface area contributed by atoms with Crippen molar-refractivity contribution in [2.45, 2.75) is 30.6 Å². The molecule has 0 aromatic carbocycles. The first kappa shape index (κ1) is 9.96. The van der Waals surface area contributed by atoms with Crippen LogP contribution in [0.25, 0.3) is 0 Å². The molecule has 1 aliphatic carbocycles. The Morgan fingerprint density at radius 3 is 2.86 bits per heavy atom. The van der Waals surface area contributed by atoms with Gasteiger partial charge < -0.3 is 10.6 Å². The van der Waals surface area contributed by atoms with E-state index in [-0.39, 0.29) is 4.75 Å². The molecule has 2 unspecified atom stereocenters. The van der Waals surface area contributed by atoms with Crippen LogP contribution in [-0.2, 0) is 10.8 Å². The fraction of sp³-hybridized carbons (Fsp3) is 0.889. The van der Waals surface area contributed by atoms with Crippen LogP contribution in [0.5, 0.6) is 0 Å². The van der Waals surface area contributed by atoms with Gasteiger partial charge in [-0.15, -0.1) is 0 Å². The summed E-state index contributed by atoms with van der Waals surface area (Å²) in [6, 6.07) is 0.430. The van der Waals surface area contributed by atoms with E-state index in [1.807, 2.05) is 0 Å². The molecular formula is C9H17N3OS. The lowest BCUT2D eigenvalue weighted by Gasteiger charge is -2.14. The van der Waals surface area contributed by atoms with Gasteiger partial charge in [-0.05, 0) is 19.8 Å². The number of hydrogen-bond donors (Lipinski definition) is 2. The molecule has 1 aliphatic heterocycles. The van der Waals surface area contributed by atoms with Crippen LogP contribution in [0, 0.1) is 0 Å². The van der Waals surface area contributed by atoms with E-state index in [1.165, 1.54) is 0 Å². The second-order valence-electron chi connectivity index (χ2n) is 4.23. The zero-order valence-electron chi connectivity index (χ0n) is 8.67. The summed E-state index contributed by atoms with van der Waals surface area (Å²) in [7, 11) is -0.719. The molecule has 80 valence electrons. The molecule has 0 amide bonds. The summed E-state index contributed by atoms with van der Waals surface area (Å²) in [5.41, 5.74) is 0. The quantitative estimate of drug-likeness (QED) is 0.687. The Kier molecular flexibility index (Phi) is 2.51. The van der Waals surface area contributed by atoms with Crippen LogP contribution in [-0.4, -0.2) is 40.3 Å². The number of aliphatic imine (C=N–C) groups is 1. The maximum atomic E-state index is 11.4. The average molecular weight is 215 g/mol. The molecule has 2 N–H and O–H groups in total. The average Bonchev–Trinajstić information content (AvgIpc) is 2.82. The van der Waals surface area contributed by atoms with Crippen molar-refractivity contribution in [3.05, 3.63) is 0 Å². The van der Waals surface area contributed by atoms with E-state index in [9.17, 15) is 4.21 Å². The summed E-state index contributed by atoms with van der Waals surface area (Å²) in [4.78, 5) is 4.30. The first-order chi connectivity index (χ1) is 6.62. The van der Waals surface area contributed by atoms with Crippen molar-refractivity contribution in [2.24, 2.45) is 4.99 Å². The third-order valence-corrected chi connectivity index (χ3v) is 4.67. The van der Waals surface area contributed by atoms with Crippen molar-refractivity contribution in [3.8, 4) is 0 Å². The Balaban J connectivity index is 1.81. The minimum absolute atomic E-state index is 0.0377. The molecule has 1 fully saturated rings. The van der Waals surface area contributed by atoms with Crippen LogP contribution in [0.15, 0.2) is 4.99 Å². The molecule has 0 aromatic heterocycles. The van der Waals surface area contributed by atoms with Gasteiger partial charge in [0.25, 0.3) is 0 Å². The molecule has 0 spiro atoms. The second-order valence-corrected chi connectivity index (χ2v) is 6.00. The van der Waals surface area contributed by atoms with Gasteiger partial charge in [0.05, 0.1) is 11.3 Å². The van der Waals surface area contributed by atoms with Crippen LogP contribution in [0.2, 0.25) is 0 Å². The van der Waals surface area contributed by atoms with Gasteiger partial charge in [0.2, 0.25) is 0 Å². The van der Waals surface area contributed by atoms with E-state index >= 15 is 0 Å². The zero-order valence-corrected chi connectivity index (χ0v) is 9.49. The van der Waals surface area contributed by atoms with Gasteiger partial charge >= 0.3 is 0 Å². The Labute approximate surface area is 87.0 Å². The Bertz CT molecular complexity index is 286. The maximum Gasteiger partial charge on any atom is 0.191 e. The highest BCUT2D eigenvalue weighted by atomic mass is 32.2. The standard InChI is InChI=1S/C9H17N3OS/c1-7-5-10-8(12-7)11-6-9(3-4-9)14(2)13/h7H,3-6H2,1-2H3,(H2,10,11,12). The zero-order chi connectivity index (χ0) is 10.2. The minimum Gasteiger partial charge on any atom is -0.355 e. The molecular weight excluding hydrogens is 198 g/mol. The third kappa shape index (κ3) is 1.92. The molecule has 5 heteroatoms. The summed E-state index contributed by atoms with van der Waals surface area (Å²) >= 11 is 0. The van der Waals surface area contributed by atoms with Gasteiger partial charge in [-0.1, -0.05) is 0 Å². The van der Waals surface area contributed by atoms with Crippen molar-refractivity contribution in [2.75, 3.05) is 19.3 Å². The first-order valence-corrected chi connectivity index (χ1v) is 6.57. The van der Waals surface area contributed by atoms with E-state index < -0.39 is 10.8 Å². The van der Waals surface area contributed by atoms with E-state index in [1.54, 1.807) is 6.26 Å². The van der Waals surface area contributed by atoms with Crippen molar-refractivity contribution in [1.29, 1.82) is 0 Å². The van der Waals surface area contributed by atoms with E-state index in [4.69, 9.17) is 0 Å². The molecule has 2 aliphatic rings. The molecule has 14 heavy (non-hydrogen) atoms. The predicted molar refractivity (Wildman–Crippen MR) is 58.9 cm³/mol. The Morgan fingerprint density at radius 1 is 1.71 bits per heavy atom. The van der Waals surface area contributed by atoms with Gasteiger partial charge in [-0.2, -0.15) is 0 Å². The van der Waals surface area contributed by atoms with Crippen molar-refractivity contribution < 1.29 is 4.21 Å². The van der Waals surface area contributed by atoms with E-state index in [0.29, 0.717) is 6.04 Å². The maximum absolute atomic E-state index is 11.4. The van der Waals surface area contributed by atoms with Crippen molar-refractivity contribution in [1.82, 2.24) is 10.6 Å². The molecule has 2 atom stereocenters. The van der Waals surface area contributed by atoms with Crippen molar-refractivity contribution in [3.63, 3.8) is 0 Å². The van der Waals surface area contributed by atoms with Gasteiger partial charge in [0, 0.05) is 29.6 Å². The lowest BCUT2D eigenvalue weighted by molar-refractivity contribution is 0.663. The van der Waals surface area contributed by atoms with Crippen LogP contribution in [0.4, 0.5) is 0 Å². The highest BCUT2D eigenvalue weighted by molar-refractivity contribution is 7.86. The fourth-order valence-corrected chi connectivity index (χ4v) is 2.56. The monoisotopic (exact) mass is 215 g/mol. The van der Waals surface area contributed by atoms with E-state index in [0.717, 1.165) is 31.9 Å². The molecule has 1 heterocycles. The van der Waals surface area contributed by atoms with Crippen LogP contribution in [0.1, 0.15) is 19.8 Å². The minimum atomic E-state index is -0.719. The molecule has 4 nitrogen and oxygen atoms in total. The largest absolute Gasteiger partial charge is 0.355 e. The molecule has 0 saturated heterocycles. The highest BCUT2D eigenvalue weighted by Gasteiger charge is 2.46. The summed E-state index contributed by atoms with van der Waals surface area (Å²) < 4.78 is 11.4. The predicted octanol–water partition coefficient (Wildman–Crippen LogP) is -0.165. The molecule has 0 radical (unpaired) electrons. The summed E-state index contributed by atoms with van der Waals surface area (Å²) in [6.45, 7) is 3.72. The number of hydrogen-bond acceptors (Lipinski definition) is 4. The van der Waals surface area contributed by atoms with Crippen LogP contribution >= 0.6 is 0 Å². The lowest BCUT2D eigenvalue weighted by atomic mass is 10.4. The topological polar surface area (TPSA) is 53.5 Å². The molecule has 0 aromatic rings.